The summed E-state index contributed by atoms with van der Waals surface area (Å²) in [6.45, 7) is 6.93. The van der Waals surface area contributed by atoms with Crippen LogP contribution >= 0.6 is 23.2 Å². The van der Waals surface area contributed by atoms with Crippen LogP contribution in [0.3, 0.4) is 0 Å². The van der Waals surface area contributed by atoms with Gasteiger partial charge in [0.05, 0.1) is 18.3 Å². The highest BCUT2D eigenvalue weighted by molar-refractivity contribution is 6.30. The Hall–Kier alpha value is -2.46. The van der Waals surface area contributed by atoms with Crippen LogP contribution in [0, 0.1) is 5.82 Å². The van der Waals surface area contributed by atoms with E-state index in [1.807, 2.05) is 0 Å². The van der Waals surface area contributed by atoms with Gasteiger partial charge in [0.15, 0.2) is 11.9 Å². The second kappa shape index (κ2) is 9.58. The van der Waals surface area contributed by atoms with Gasteiger partial charge in [-0.25, -0.2) is 14.2 Å². The standard InChI is InChI=1S/C21H23Cl2FN4O4/c1-5-31-19(29)14-10-25-28-17(9-16(23)26-18(14)28)27(20(30)32-21(2,3)4)11-12-6-7-13(22)8-15(12)24/h6-10,19,29H,5,11H2,1-4H3. The molecular formula is C21H23Cl2FN4O4. The molecule has 0 fully saturated rings. The lowest BCUT2D eigenvalue weighted by Crippen LogP contribution is -2.38. The number of aliphatic hydroxyl groups excluding tert-OH is 1. The van der Waals surface area contributed by atoms with Gasteiger partial charge in [0, 0.05) is 23.3 Å². The van der Waals surface area contributed by atoms with Crippen LogP contribution < -0.4 is 4.90 Å². The van der Waals surface area contributed by atoms with E-state index in [9.17, 15) is 14.3 Å². The summed E-state index contributed by atoms with van der Waals surface area (Å²) in [5.41, 5.74) is -0.177. The number of nitrogens with zero attached hydrogens (tertiary/aromatic N) is 4. The summed E-state index contributed by atoms with van der Waals surface area (Å²) in [5.74, 6) is -0.422. The smallest absolute Gasteiger partial charge is 0.416 e. The number of carbonyl (C=O) groups excluding carboxylic acids is 1. The zero-order valence-corrected chi connectivity index (χ0v) is 19.5. The SMILES string of the molecule is CCOC(O)c1cnn2c(N(Cc3ccc(Cl)cc3F)C(=O)OC(C)(C)C)cc(Cl)nc12. The van der Waals surface area contributed by atoms with E-state index in [2.05, 4.69) is 10.1 Å². The summed E-state index contributed by atoms with van der Waals surface area (Å²) in [7, 11) is 0. The van der Waals surface area contributed by atoms with Crippen molar-refractivity contribution in [2.45, 2.75) is 46.1 Å². The monoisotopic (exact) mass is 484 g/mol. The van der Waals surface area contributed by atoms with Crippen molar-refractivity contribution in [3.8, 4) is 0 Å². The Labute approximate surface area is 194 Å². The van der Waals surface area contributed by atoms with Gasteiger partial charge in [-0.15, -0.1) is 0 Å². The summed E-state index contributed by atoms with van der Waals surface area (Å²) in [5, 5.41) is 14.8. The van der Waals surface area contributed by atoms with E-state index >= 15 is 0 Å². The maximum atomic E-state index is 14.5. The number of rotatable bonds is 6. The Balaban J connectivity index is 2.14. The van der Waals surface area contributed by atoms with Crippen molar-refractivity contribution in [2.75, 3.05) is 11.5 Å². The topological polar surface area (TPSA) is 89.2 Å². The highest BCUT2D eigenvalue weighted by Crippen LogP contribution is 2.29. The van der Waals surface area contributed by atoms with Crippen molar-refractivity contribution in [1.82, 2.24) is 14.6 Å². The number of ether oxygens (including phenoxy) is 2. The van der Waals surface area contributed by atoms with E-state index in [1.54, 1.807) is 27.7 Å². The number of hydrogen-bond donors (Lipinski definition) is 1. The highest BCUT2D eigenvalue weighted by atomic mass is 35.5. The van der Waals surface area contributed by atoms with E-state index in [-0.39, 0.29) is 45.9 Å². The van der Waals surface area contributed by atoms with E-state index in [0.29, 0.717) is 0 Å². The number of carbonyl (C=O) groups is 1. The molecule has 1 atom stereocenters. The largest absolute Gasteiger partial charge is 0.443 e. The molecule has 32 heavy (non-hydrogen) atoms. The first-order valence-electron chi connectivity index (χ1n) is 9.78. The van der Waals surface area contributed by atoms with E-state index in [4.69, 9.17) is 32.7 Å². The third kappa shape index (κ3) is 5.47. The van der Waals surface area contributed by atoms with Crippen molar-refractivity contribution in [3.63, 3.8) is 0 Å². The fourth-order valence-corrected chi connectivity index (χ4v) is 3.26. The minimum Gasteiger partial charge on any atom is -0.443 e. The molecule has 1 unspecified atom stereocenters. The van der Waals surface area contributed by atoms with Gasteiger partial charge in [0.25, 0.3) is 0 Å². The summed E-state index contributed by atoms with van der Waals surface area (Å²) in [4.78, 5) is 18.5. The first-order valence-corrected chi connectivity index (χ1v) is 10.5. The number of fused-ring (bicyclic) bond motifs is 1. The number of benzene rings is 1. The van der Waals surface area contributed by atoms with Crippen molar-refractivity contribution >= 4 is 40.8 Å². The zero-order valence-electron chi connectivity index (χ0n) is 18.0. The summed E-state index contributed by atoms with van der Waals surface area (Å²) < 4.78 is 26.6. The average molecular weight is 485 g/mol. The summed E-state index contributed by atoms with van der Waals surface area (Å²) in [6.07, 6.45) is -0.684. The van der Waals surface area contributed by atoms with Crippen LogP contribution in [0.25, 0.3) is 5.65 Å². The molecule has 0 aliphatic carbocycles. The van der Waals surface area contributed by atoms with Gasteiger partial charge in [-0.05, 0) is 39.8 Å². The van der Waals surface area contributed by atoms with Crippen LogP contribution in [0.1, 0.15) is 45.1 Å². The molecule has 2 aromatic heterocycles. The van der Waals surface area contributed by atoms with Gasteiger partial charge in [-0.2, -0.15) is 9.61 Å². The minimum atomic E-state index is -1.29. The molecule has 0 spiro atoms. The lowest BCUT2D eigenvalue weighted by atomic mass is 10.2. The number of aliphatic hydroxyl groups is 1. The molecular weight excluding hydrogens is 462 g/mol. The second-order valence-electron chi connectivity index (χ2n) is 7.88. The maximum Gasteiger partial charge on any atom is 0.416 e. The average Bonchev–Trinajstić information content (AvgIpc) is 3.09. The zero-order chi connectivity index (χ0) is 23.6. The van der Waals surface area contributed by atoms with Crippen LogP contribution in [-0.4, -0.2) is 38.0 Å². The normalized spacial score (nSPS) is 12.8. The highest BCUT2D eigenvalue weighted by Gasteiger charge is 2.28. The first-order chi connectivity index (χ1) is 15.0. The number of hydrogen-bond acceptors (Lipinski definition) is 6. The molecule has 0 radical (unpaired) electrons. The fraction of sp³-hybridized carbons (Fsp3) is 0.381. The van der Waals surface area contributed by atoms with Gasteiger partial charge in [0.2, 0.25) is 0 Å². The summed E-state index contributed by atoms with van der Waals surface area (Å²) >= 11 is 12.1. The molecule has 1 N–H and O–H groups in total. The van der Waals surface area contributed by atoms with Gasteiger partial charge in [0.1, 0.15) is 22.4 Å². The quantitative estimate of drug-likeness (QED) is 0.384. The van der Waals surface area contributed by atoms with Crippen molar-refractivity contribution in [3.05, 3.63) is 57.6 Å². The Morgan fingerprint density at radius 3 is 2.66 bits per heavy atom. The predicted molar refractivity (Wildman–Crippen MR) is 118 cm³/mol. The molecule has 0 bridgehead atoms. The van der Waals surface area contributed by atoms with Crippen LogP contribution in [-0.2, 0) is 16.0 Å². The number of halogens is 3. The fourth-order valence-electron chi connectivity index (χ4n) is 2.93. The van der Waals surface area contributed by atoms with Crippen molar-refractivity contribution in [1.29, 1.82) is 0 Å². The number of amides is 1. The molecule has 8 nitrogen and oxygen atoms in total. The Bertz CT molecular complexity index is 1130. The number of anilines is 1. The maximum absolute atomic E-state index is 14.5. The number of aromatic nitrogens is 3. The molecule has 11 heteroatoms. The Morgan fingerprint density at radius 2 is 2.03 bits per heavy atom. The third-order valence-electron chi connectivity index (χ3n) is 4.27. The van der Waals surface area contributed by atoms with Crippen molar-refractivity contribution in [2.24, 2.45) is 0 Å². The molecule has 2 heterocycles. The predicted octanol–water partition coefficient (Wildman–Crippen LogP) is 5.14. The first kappa shape index (κ1) is 24.2. The van der Waals surface area contributed by atoms with Crippen LogP contribution in [0.4, 0.5) is 15.0 Å². The second-order valence-corrected chi connectivity index (χ2v) is 8.71. The van der Waals surface area contributed by atoms with Crippen LogP contribution in [0.15, 0.2) is 30.5 Å². The third-order valence-corrected chi connectivity index (χ3v) is 4.70. The Kier molecular flexibility index (Phi) is 7.24. The van der Waals surface area contributed by atoms with E-state index in [1.165, 1.54) is 33.8 Å². The molecule has 172 valence electrons. The van der Waals surface area contributed by atoms with Crippen LogP contribution in [0.2, 0.25) is 10.2 Å². The van der Waals surface area contributed by atoms with E-state index < -0.39 is 23.8 Å². The molecule has 0 aliphatic heterocycles. The minimum absolute atomic E-state index is 0.0306. The lowest BCUT2D eigenvalue weighted by Gasteiger charge is -2.28. The van der Waals surface area contributed by atoms with E-state index in [0.717, 1.165) is 6.07 Å². The molecule has 3 aromatic rings. The van der Waals surface area contributed by atoms with Crippen molar-refractivity contribution < 1.29 is 23.8 Å². The summed E-state index contributed by atoms with van der Waals surface area (Å²) in [6, 6.07) is 5.55. The van der Waals surface area contributed by atoms with Gasteiger partial charge < -0.3 is 14.6 Å². The van der Waals surface area contributed by atoms with Gasteiger partial charge in [-0.1, -0.05) is 29.3 Å². The molecule has 3 rings (SSSR count). The molecule has 1 amide bonds. The lowest BCUT2D eigenvalue weighted by molar-refractivity contribution is -0.0971. The van der Waals surface area contributed by atoms with Gasteiger partial charge >= 0.3 is 6.09 Å². The Morgan fingerprint density at radius 1 is 1.31 bits per heavy atom. The molecule has 0 aliphatic rings. The molecule has 1 aromatic carbocycles. The van der Waals surface area contributed by atoms with Crippen LogP contribution in [0.5, 0.6) is 0 Å². The molecule has 0 saturated carbocycles. The molecule has 0 saturated heterocycles. The van der Waals surface area contributed by atoms with Gasteiger partial charge in [-0.3, -0.25) is 4.90 Å².